The summed E-state index contributed by atoms with van der Waals surface area (Å²) in [5.41, 5.74) is 6.89. The van der Waals surface area contributed by atoms with Crippen LogP contribution in [0.3, 0.4) is 0 Å². The first kappa shape index (κ1) is 12.8. The maximum Gasteiger partial charge on any atom is 0.326 e. The molecule has 0 aliphatic heterocycles. The highest BCUT2D eigenvalue weighted by Gasteiger charge is 2.10. The van der Waals surface area contributed by atoms with Crippen LogP contribution >= 0.6 is 0 Å². The predicted molar refractivity (Wildman–Crippen MR) is 67.4 cm³/mol. The van der Waals surface area contributed by atoms with E-state index in [9.17, 15) is 4.79 Å². The number of benzene rings is 1. The molecular weight excluding hydrogens is 220 g/mol. The number of rotatable bonds is 2. The molecule has 0 saturated carbocycles. The Morgan fingerprint density at radius 3 is 2.76 bits per heavy atom. The standard InChI is InChI=1S/C11H16N4O2/c1-7-5-4-6-8(17-3)9(7)14-11(16)15-10(12)13-2/h4-6H,1-3H3,(H4,12,13,14,15,16). The molecule has 0 heterocycles. The Hall–Kier alpha value is -2.24. The minimum absolute atomic E-state index is 0.0510. The normalized spacial score (nSPS) is 10.9. The van der Waals surface area contributed by atoms with Gasteiger partial charge in [-0.25, -0.2) is 4.79 Å². The maximum atomic E-state index is 11.6. The zero-order chi connectivity index (χ0) is 12.8. The third-order valence-corrected chi connectivity index (χ3v) is 2.18. The molecule has 6 nitrogen and oxygen atoms in total. The number of nitrogens with two attached hydrogens (primary N) is 1. The lowest BCUT2D eigenvalue weighted by molar-refractivity contribution is 0.256. The van der Waals surface area contributed by atoms with Crippen molar-refractivity contribution in [3.63, 3.8) is 0 Å². The van der Waals surface area contributed by atoms with E-state index >= 15 is 0 Å². The number of methoxy groups -OCH3 is 1. The van der Waals surface area contributed by atoms with Crippen LogP contribution in [0.1, 0.15) is 5.56 Å². The summed E-state index contributed by atoms with van der Waals surface area (Å²) in [7, 11) is 3.03. The summed E-state index contributed by atoms with van der Waals surface area (Å²) in [6, 6.07) is 5.02. The van der Waals surface area contributed by atoms with Crippen molar-refractivity contribution in [2.45, 2.75) is 6.92 Å². The highest BCUT2D eigenvalue weighted by atomic mass is 16.5. The fourth-order valence-corrected chi connectivity index (χ4v) is 1.29. The van der Waals surface area contributed by atoms with Gasteiger partial charge < -0.3 is 15.8 Å². The van der Waals surface area contributed by atoms with Crippen molar-refractivity contribution in [3.8, 4) is 5.75 Å². The Morgan fingerprint density at radius 2 is 2.18 bits per heavy atom. The van der Waals surface area contributed by atoms with E-state index in [0.29, 0.717) is 11.4 Å². The second kappa shape index (κ2) is 5.74. The minimum Gasteiger partial charge on any atom is -0.495 e. The number of hydrogen-bond donors (Lipinski definition) is 3. The zero-order valence-corrected chi connectivity index (χ0v) is 10.1. The summed E-state index contributed by atoms with van der Waals surface area (Å²) in [5.74, 6) is 0.641. The topological polar surface area (TPSA) is 88.7 Å². The largest absolute Gasteiger partial charge is 0.495 e. The van der Waals surface area contributed by atoms with E-state index in [2.05, 4.69) is 15.6 Å². The zero-order valence-electron chi connectivity index (χ0n) is 10.1. The van der Waals surface area contributed by atoms with Gasteiger partial charge >= 0.3 is 6.03 Å². The average molecular weight is 236 g/mol. The summed E-state index contributed by atoms with van der Waals surface area (Å²) in [5, 5.41) is 5.04. The van der Waals surface area contributed by atoms with Gasteiger partial charge in [-0.15, -0.1) is 0 Å². The van der Waals surface area contributed by atoms with Crippen LogP contribution in [0.15, 0.2) is 23.2 Å². The number of ether oxygens (including phenoxy) is 1. The number of aliphatic imine (C=N–C) groups is 1. The molecular formula is C11H16N4O2. The van der Waals surface area contributed by atoms with Crippen LogP contribution < -0.4 is 21.1 Å². The average Bonchev–Trinajstić information content (AvgIpc) is 2.31. The second-order valence-corrected chi connectivity index (χ2v) is 3.34. The van der Waals surface area contributed by atoms with E-state index in [4.69, 9.17) is 10.5 Å². The molecule has 1 aromatic rings. The number of nitrogens with zero attached hydrogens (tertiary/aromatic N) is 1. The first-order chi connectivity index (χ1) is 8.08. The van der Waals surface area contributed by atoms with Gasteiger partial charge in [-0.2, -0.15) is 0 Å². The van der Waals surface area contributed by atoms with E-state index in [1.165, 1.54) is 7.05 Å². The smallest absolute Gasteiger partial charge is 0.326 e. The Kier molecular flexibility index (Phi) is 4.33. The van der Waals surface area contributed by atoms with Gasteiger partial charge in [-0.3, -0.25) is 10.3 Å². The molecule has 0 fully saturated rings. The number of nitrogens with one attached hydrogen (secondary N) is 2. The molecule has 0 spiro atoms. The van der Waals surface area contributed by atoms with Gasteiger partial charge in [0.2, 0.25) is 0 Å². The summed E-state index contributed by atoms with van der Waals surface area (Å²) in [4.78, 5) is 15.2. The van der Waals surface area contributed by atoms with Crippen molar-refractivity contribution < 1.29 is 9.53 Å². The lowest BCUT2D eigenvalue weighted by Crippen LogP contribution is -2.39. The number of amides is 2. The monoisotopic (exact) mass is 236 g/mol. The molecule has 92 valence electrons. The van der Waals surface area contributed by atoms with Crippen molar-refractivity contribution in [3.05, 3.63) is 23.8 Å². The van der Waals surface area contributed by atoms with E-state index in [-0.39, 0.29) is 5.96 Å². The predicted octanol–water partition coefficient (Wildman–Crippen LogP) is 1.07. The SMILES string of the molecule is CN=C(N)NC(=O)Nc1c(C)cccc1OC. The molecule has 0 unspecified atom stereocenters. The quantitative estimate of drug-likeness (QED) is 0.530. The number of carbonyl (C=O) groups excluding carboxylic acids is 1. The number of hydrogen-bond acceptors (Lipinski definition) is 3. The number of guanidine groups is 1. The van der Waals surface area contributed by atoms with Crippen LogP contribution in [0.4, 0.5) is 10.5 Å². The van der Waals surface area contributed by atoms with Gasteiger partial charge in [0.1, 0.15) is 5.75 Å². The van der Waals surface area contributed by atoms with Crippen LogP contribution in [0.5, 0.6) is 5.75 Å². The molecule has 0 atom stereocenters. The first-order valence-electron chi connectivity index (χ1n) is 5.02. The summed E-state index contributed by atoms with van der Waals surface area (Å²) in [6.45, 7) is 1.87. The van der Waals surface area contributed by atoms with E-state index in [1.807, 2.05) is 19.1 Å². The van der Waals surface area contributed by atoms with Gasteiger partial charge in [-0.1, -0.05) is 12.1 Å². The van der Waals surface area contributed by atoms with Gasteiger partial charge in [0.25, 0.3) is 0 Å². The van der Waals surface area contributed by atoms with Crippen molar-refractivity contribution >= 4 is 17.7 Å². The van der Waals surface area contributed by atoms with Gasteiger partial charge in [0.05, 0.1) is 12.8 Å². The van der Waals surface area contributed by atoms with Crippen LogP contribution in [-0.4, -0.2) is 26.1 Å². The molecule has 0 aliphatic rings. The van der Waals surface area contributed by atoms with Crippen molar-refractivity contribution in [1.29, 1.82) is 0 Å². The summed E-state index contributed by atoms with van der Waals surface area (Å²) < 4.78 is 5.15. The lowest BCUT2D eigenvalue weighted by atomic mass is 10.2. The molecule has 1 rings (SSSR count). The van der Waals surface area contributed by atoms with Crippen LogP contribution in [0.25, 0.3) is 0 Å². The van der Waals surface area contributed by atoms with E-state index < -0.39 is 6.03 Å². The van der Waals surface area contributed by atoms with Crippen LogP contribution in [-0.2, 0) is 0 Å². The third-order valence-electron chi connectivity index (χ3n) is 2.18. The van der Waals surface area contributed by atoms with Gasteiger partial charge in [-0.05, 0) is 18.6 Å². The number of urea groups is 1. The summed E-state index contributed by atoms with van der Waals surface area (Å²) >= 11 is 0. The molecule has 0 radical (unpaired) electrons. The minimum atomic E-state index is -0.458. The Labute approximate surface area is 99.9 Å². The molecule has 0 saturated heterocycles. The van der Waals surface area contributed by atoms with Crippen LogP contribution in [0.2, 0.25) is 0 Å². The molecule has 6 heteroatoms. The second-order valence-electron chi connectivity index (χ2n) is 3.34. The Bertz CT molecular complexity index is 443. The fourth-order valence-electron chi connectivity index (χ4n) is 1.29. The summed E-state index contributed by atoms with van der Waals surface area (Å²) in [6.07, 6.45) is 0. The maximum absolute atomic E-state index is 11.6. The fraction of sp³-hybridized carbons (Fsp3) is 0.273. The molecule has 0 aliphatic carbocycles. The molecule has 0 aromatic heterocycles. The van der Waals surface area contributed by atoms with Gasteiger partial charge in [0.15, 0.2) is 5.96 Å². The highest BCUT2D eigenvalue weighted by Crippen LogP contribution is 2.27. The van der Waals surface area contributed by atoms with Crippen molar-refractivity contribution in [2.24, 2.45) is 10.7 Å². The number of anilines is 1. The lowest BCUT2D eigenvalue weighted by Gasteiger charge is -2.13. The van der Waals surface area contributed by atoms with Gasteiger partial charge in [0, 0.05) is 7.05 Å². The number of carbonyl (C=O) groups is 1. The van der Waals surface area contributed by atoms with Crippen molar-refractivity contribution in [2.75, 3.05) is 19.5 Å². The highest BCUT2D eigenvalue weighted by molar-refractivity contribution is 6.02. The van der Waals surface area contributed by atoms with E-state index in [0.717, 1.165) is 5.56 Å². The number of para-hydroxylation sites is 1. The Morgan fingerprint density at radius 1 is 1.47 bits per heavy atom. The first-order valence-corrected chi connectivity index (χ1v) is 5.02. The molecule has 2 amide bonds. The number of aryl methyl sites for hydroxylation is 1. The molecule has 1 aromatic carbocycles. The van der Waals surface area contributed by atoms with Crippen LogP contribution in [0, 0.1) is 6.92 Å². The molecule has 4 N–H and O–H groups in total. The molecule has 17 heavy (non-hydrogen) atoms. The molecule has 0 bridgehead atoms. The third kappa shape index (κ3) is 3.37. The van der Waals surface area contributed by atoms with E-state index in [1.54, 1.807) is 13.2 Å². The Balaban J connectivity index is 2.84. The van der Waals surface area contributed by atoms with Crippen molar-refractivity contribution in [1.82, 2.24) is 5.32 Å².